The van der Waals surface area contributed by atoms with E-state index < -0.39 is 0 Å². The number of nitrogens with zero attached hydrogens (tertiary/aromatic N) is 1. The summed E-state index contributed by atoms with van der Waals surface area (Å²) in [4.78, 5) is 14.3. The van der Waals surface area contributed by atoms with Crippen molar-refractivity contribution in [1.29, 1.82) is 0 Å². The van der Waals surface area contributed by atoms with Gasteiger partial charge in [0.15, 0.2) is 0 Å². The van der Waals surface area contributed by atoms with Crippen LogP contribution in [0.2, 0.25) is 0 Å². The number of rotatable bonds is 2. The molecule has 0 saturated carbocycles. The van der Waals surface area contributed by atoms with Crippen molar-refractivity contribution in [2.24, 2.45) is 0 Å². The van der Waals surface area contributed by atoms with Crippen molar-refractivity contribution >= 4 is 29.0 Å². The van der Waals surface area contributed by atoms with Crippen LogP contribution in [-0.4, -0.2) is 36.5 Å². The Labute approximate surface area is 130 Å². The molecule has 1 aromatic carbocycles. The van der Waals surface area contributed by atoms with Gasteiger partial charge in [0.1, 0.15) is 6.04 Å². The summed E-state index contributed by atoms with van der Waals surface area (Å²) in [5.41, 5.74) is 3.22. The van der Waals surface area contributed by atoms with E-state index in [1.54, 1.807) is 0 Å². The second-order valence-corrected chi connectivity index (χ2v) is 8.13. The van der Waals surface area contributed by atoms with Crippen molar-refractivity contribution in [2.75, 3.05) is 36.1 Å². The minimum Gasteiger partial charge on any atom is -0.371 e. The Morgan fingerprint density at radius 2 is 2.19 bits per heavy atom. The van der Waals surface area contributed by atoms with Crippen LogP contribution in [0.4, 0.5) is 11.4 Å². The molecule has 5 heteroatoms. The topological polar surface area (TPSA) is 44.4 Å². The molecule has 0 aromatic heterocycles. The fraction of sp³-hybridized carbons (Fsp3) is 0.562. The first-order valence-corrected chi connectivity index (χ1v) is 8.50. The van der Waals surface area contributed by atoms with Crippen LogP contribution in [0.15, 0.2) is 18.2 Å². The molecule has 0 spiro atoms. The van der Waals surface area contributed by atoms with Crippen LogP contribution in [-0.2, 0) is 4.79 Å². The van der Waals surface area contributed by atoms with Gasteiger partial charge in [0.2, 0.25) is 5.91 Å². The third kappa shape index (κ3) is 2.90. The minimum absolute atomic E-state index is 0.0391. The van der Waals surface area contributed by atoms with E-state index in [4.69, 9.17) is 0 Å². The lowest BCUT2D eigenvalue weighted by molar-refractivity contribution is -0.117. The predicted octanol–water partition coefficient (Wildman–Crippen LogP) is 2.62. The summed E-state index contributed by atoms with van der Waals surface area (Å²) in [6.07, 6.45) is 1.18. The number of nitrogens with one attached hydrogen (secondary N) is 2. The van der Waals surface area contributed by atoms with E-state index in [1.165, 1.54) is 12.1 Å². The molecule has 0 radical (unpaired) electrons. The molecule has 2 aliphatic heterocycles. The highest BCUT2D eigenvalue weighted by Gasteiger charge is 2.30. The molecule has 0 aliphatic carbocycles. The number of hydrogen-bond acceptors (Lipinski definition) is 4. The van der Waals surface area contributed by atoms with Gasteiger partial charge in [-0.05, 0) is 25.6 Å². The molecular weight excluding hydrogens is 282 g/mol. The van der Waals surface area contributed by atoms with E-state index in [-0.39, 0.29) is 11.9 Å². The van der Waals surface area contributed by atoms with E-state index in [1.807, 2.05) is 18.8 Å². The molecule has 1 amide bonds. The van der Waals surface area contributed by atoms with E-state index in [0.29, 0.717) is 4.75 Å². The minimum atomic E-state index is -0.215. The zero-order valence-electron chi connectivity index (χ0n) is 12.9. The number of amides is 1. The van der Waals surface area contributed by atoms with Crippen LogP contribution in [0, 0.1) is 0 Å². The fourth-order valence-electron chi connectivity index (χ4n) is 3.01. The summed E-state index contributed by atoms with van der Waals surface area (Å²) in [6, 6.07) is 6.13. The normalized spacial score (nSPS) is 24.4. The van der Waals surface area contributed by atoms with Gasteiger partial charge in [0.25, 0.3) is 0 Å². The second kappa shape index (κ2) is 5.54. The Morgan fingerprint density at radius 1 is 1.38 bits per heavy atom. The van der Waals surface area contributed by atoms with Crippen LogP contribution >= 0.6 is 11.8 Å². The molecular formula is C16H23N3OS. The molecule has 3 rings (SSSR count). The molecule has 0 bridgehead atoms. The first-order valence-electron chi connectivity index (χ1n) is 7.51. The van der Waals surface area contributed by atoms with Crippen molar-refractivity contribution in [3.63, 3.8) is 0 Å². The van der Waals surface area contributed by atoms with Gasteiger partial charge in [-0.25, -0.2) is 0 Å². The van der Waals surface area contributed by atoms with Crippen LogP contribution in [0.25, 0.3) is 0 Å². The lowest BCUT2D eigenvalue weighted by Crippen LogP contribution is -2.26. The molecule has 114 valence electrons. The summed E-state index contributed by atoms with van der Waals surface area (Å²) in [5.74, 6) is 1.19. The summed E-state index contributed by atoms with van der Waals surface area (Å²) >= 11 is 2.05. The number of carbonyl (C=O) groups excluding carboxylic acids is 1. The summed E-state index contributed by atoms with van der Waals surface area (Å²) < 4.78 is 0.358. The summed E-state index contributed by atoms with van der Waals surface area (Å²) in [7, 11) is 1.82. The van der Waals surface area contributed by atoms with E-state index in [2.05, 4.69) is 47.6 Å². The summed E-state index contributed by atoms with van der Waals surface area (Å²) in [5, 5.41) is 6.04. The van der Waals surface area contributed by atoms with Gasteiger partial charge in [0.05, 0.1) is 0 Å². The standard InChI is InChI=1S/C16H23N3OS/c1-16(2)6-7-19(8-9-21-16)11-4-5-12-13(10-11)18-15(20)14(12)17-3/h4-5,10,14,17H,6-9H2,1-3H3,(H,18,20). The Hall–Kier alpha value is -1.20. The monoisotopic (exact) mass is 305 g/mol. The van der Waals surface area contributed by atoms with Gasteiger partial charge >= 0.3 is 0 Å². The quantitative estimate of drug-likeness (QED) is 0.881. The fourth-order valence-corrected chi connectivity index (χ4v) is 4.11. The highest BCUT2D eigenvalue weighted by atomic mass is 32.2. The zero-order valence-corrected chi connectivity index (χ0v) is 13.7. The zero-order chi connectivity index (χ0) is 15.0. The number of likely N-dealkylation sites (N-methyl/N-ethyl adjacent to an activating group) is 1. The van der Waals surface area contributed by atoms with Crippen LogP contribution in [0.1, 0.15) is 31.9 Å². The smallest absolute Gasteiger partial charge is 0.246 e. The second-order valence-electron chi connectivity index (χ2n) is 6.33. The van der Waals surface area contributed by atoms with Gasteiger partial charge < -0.3 is 15.5 Å². The number of hydrogen-bond donors (Lipinski definition) is 2. The molecule has 2 N–H and O–H groups in total. The van der Waals surface area contributed by atoms with Gasteiger partial charge in [0, 0.05) is 40.5 Å². The molecule has 4 nitrogen and oxygen atoms in total. The van der Waals surface area contributed by atoms with E-state index in [9.17, 15) is 4.79 Å². The number of anilines is 2. The van der Waals surface area contributed by atoms with Gasteiger partial charge in [-0.1, -0.05) is 19.9 Å². The van der Waals surface area contributed by atoms with Gasteiger partial charge in [-0.2, -0.15) is 11.8 Å². The Balaban J connectivity index is 1.82. The maximum Gasteiger partial charge on any atom is 0.246 e. The predicted molar refractivity (Wildman–Crippen MR) is 90.2 cm³/mol. The van der Waals surface area contributed by atoms with Crippen molar-refractivity contribution in [2.45, 2.75) is 31.1 Å². The van der Waals surface area contributed by atoms with Crippen LogP contribution < -0.4 is 15.5 Å². The Morgan fingerprint density at radius 3 is 2.95 bits per heavy atom. The Kier molecular flexibility index (Phi) is 3.88. The molecule has 2 aliphatic rings. The SMILES string of the molecule is CNC1C(=O)Nc2cc(N3CCSC(C)(C)CC3)ccc21. The first kappa shape index (κ1) is 14.7. The molecule has 1 atom stereocenters. The lowest BCUT2D eigenvalue weighted by atomic mass is 10.1. The third-order valence-corrected chi connectivity index (χ3v) is 5.73. The average molecular weight is 305 g/mol. The van der Waals surface area contributed by atoms with E-state index in [0.717, 1.165) is 30.1 Å². The highest BCUT2D eigenvalue weighted by molar-refractivity contribution is 8.00. The maximum atomic E-state index is 11.9. The van der Waals surface area contributed by atoms with Crippen molar-refractivity contribution < 1.29 is 4.79 Å². The summed E-state index contributed by atoms with van der Waals surface area (Å²) in [6.45, 7) is 6.78. The molecule has 1 saturated heterocycles. The lowest BCUT2D eigenvalue weighted by Gasteiger charge is -2.24. The van der Waals surface area contributed by atoms with Crippen LogP contribution in [0.5, 0.6) is 0 Å². The molecule has 2 heterocycles. The molecule has 1 aromatic rings. The highest BCUT2D eigenvalue weighted by Crippen LogP contribution is 2.36. The van der Waals surface area contributed by atoms with Crippen molar-refractivity contribution in [3.05, 3.63) is 23.8 Å². The van der Waals surface area contributed by atoms with Crippen molar-refractivity contribution in [1.82, 2.24) is 5.32 Å². The average Bonchev–Trinajstić information content (AvgIpc) is 2.64. The number of thioether (sulfide) groups is 1. The van der Waals surface area contributed by atoms with Crippen molar-refractivity contribution in [3.8, 4) is 0 Å². The van der Waals surface area contributed by atoms with Crippen LogP contribution in [0.3, 0.4) is 0 Å². The first-order chi connectivity index (χ1) is 10.00. The maximum absolute atomic E-state index is 11.9. The number of benzene rings is 1. The molecule has 1 unspecified atom stereocenters. The molecule has 21 heavy (non-hydrogen) atoms. The van der Waals surface area contributed by atoms with E-state index >= 15 is 0 Å². The Bertz CT molecular complexity index is 558. The number of carbonyl (C=O) groups is 1. The number of fused-ring (bicyclic) bond motifs is 1. The largest absolute Gasteiger partial charge is 0.371 e. The third-order valence-electron chi connectivity index (χ3n) is 4.36. The van der Waals surface area contributed by atoms with Gasteiger partial charge in [-0.15, -0.1) is 0 Å². The molecule has 1 fully saturated rings. The van der Waals surface area contributed by atoms with Gasteiger partial charge in [-0.3, -0.25) is 4.79 Å².